The van der Waals surface area contributed by atoms with Gasteiger partial charge in [0, 0.05) is 27.1 Å². The molecule has 4 rings (SSSR count). The van der Waals surface area contributed by atoms with E-state index in [-0.39, 0.29) is 12.3 Å². The first kappa shape index (κ1) is 19.3. The molecule has 0 aliphatic heterocycles. The molecule has 4 aromatic heterocycles. The Morgan fingerprint density at radius 3 is 2.79 bits per heavy atom. The van der Waals surface area contributed by atoms with Crippen LogP contribution in [0, 0.1) is 0 Å². The van der Waals surface area contributed by atoms with Gasteiger partial charge >= 0.3 is 5.97 Å². The lowest BCUT2D eigenvalue weighted by Crippen LogP contribution is -2.22. The van der Waals surface area contributed by atoms with Gasteiger partial charge in [-0.25, -0.2) is 19.7 Å². The summed E-state index contributed by atoms with van der Waals surface area (Å²) in [6.07, 6.45) is 6.78. The molecule has 9 heteroatoms. The lowest BCUT2D eigenvalue weighted by atomic mass is 10.3. The van der Waals surface area contributed by atoms with Crippen LogP contribution in [-0.4, -0.2) is 49.7 Å². The normalized spacial score (nSPS) is 12.1. The minimum atomic E-state index is -1.19. The molecule has 0 saturated heterocycles. The lowest BCUT2D eigenvalue weighted by molar-refractivity contribution is 0.0696. The third kappa shape index (κ3) is 3.92. The van der Waals surface area contributed by atoms with Crippen molar-refractivity contribution in [2.24, 2.45) is 0 Å². The van der Waals surface area contributed by atoms with Gasteiger partial charge in [0.1, 0.15) is 29.2 Å². The Hall–Kier alpha value is -3.04. The Labute approximate surface area is 168 Å². The first-order valence-electron chi connectivity index (χ1n) is 9.43. The number of imidazole rings is 1. The summed E-state index contributed by atoms with van der Waals surface area (Å²) < 4.78 is 9.38. The lowest BCUT2D eigenvalue weighted by Gasteiger charge is -2.15. The number of fused-ring (bicyclic) bond motifs is 2. The largest absolute Gasteiger partial charge is 0.478 e. The van der Waals surface area contributed by atoms with Crippen molar-refractivity contribution in [3.05, 3.63) is 48.5 Å². The van der Waals surface area contributed by atoms with E-state index in [9.17, 15) is 9.90 Å². The Morgan fingerprint density at radius 2 is 2.03 bits per heavy atom. The molecule has 0 fully saturated rings. The quantitative estimate of drug-likeness (QED) is 0.369. The zero-order valence-electron chi connectivity index (χ0n) is 16.7. The number of nitrogens with zero attached hydrogens (tertiary/aromatic N) is 5. The monoisotopic (exact) mass is 409 g/mol. The summed E-state index contributed by atoms with van der Waals surface area (Å²) in [4.78, 5) is 25.2. The predicted octanol–water partition coefficient (Wildman–Crippen LogP) is 3.76. The van der Waals surface area contributed by atoms with Crippen molar-refractivity contribution in [3.63, 3.8) is 0 Å². The Kier molecular flexibility index (Phi) is 4.93. The molecule has 0 amide bonds. The molecule has 1 N–H and O–H groups in total. The number of carboxylic acids is 1. The van der Waals surface area contributed by atoms with Crippen molar-refractivity contribution in [3.8, 4) is 11.4 Å². The van der Waals surface area contributed by atoms with Crippen LogP contribution in [-0.2, 0) is 11.5 Å². The number of hydrogen-bond donors (Lipinski definition) is 1. The SMILES string of the molecule is C[Si](C)(C)CCOCn1cc(C(=O)O)c2nc(-c3cnc4ccccn34)cnc21. The second kappa shape index (κ2) is 7.41. The van der Waals surface area contributed by atoms with Gasteiger partial charge in [0.2, 0.25) is 0 Å². The summed E-state index contributed by atoms with van der Waals surface area (Å²) in [6.45, 7) is 7.76. The van der Waals surface area contributed by atoms with Crippen LogP contribution in [0.1, 0.15) is 10.4 Å². The van der Waals surface area contributed by atoms with Crippen molar-refractivity contribution in [1.82, 2.24) is 23.9 Å². The average Bonchev–Trinajstić information content (AvgIpc) is 3.26. The molecule has 0 saturated carbocycles. The Morgan fingerprint density at radius 1 is 1.21 bits per heavy atom. The number of pyridine rings is 1. The molecule has 0 atom stereocenters. The van der Waals surface area contributed by atoms with E-state index in [1.165, 1.54) is 0 Å². The Bertz CT molecular complexity index is 1190. The van der Waals surface area contributed by atoms with Crippen LogP contribution in [0.5, 0.6) is 0 Å². The number of aromatic carboxylic acids is 1. The van der Waals surface area contributed by atoms with Crippen molar-refractivity contribution in [1.29, 1.82) is 0 Å². The fourth-order valence-electron chi connectivity index (χ4n) is 3.09. The average molecular weight is 410 g/mol. The van der Waals surface area contributed by atoms with Gasteiger partial charge in [0.15, 0.2) is 5.65 Å². The fourth-order valence-corrected chi connectivity index (χ4v) is 3.85. The first-order chi connectivity index (χ1) is 13.8. The van der Waals surface area contributed by atoms with Crippen molar-refractivity contribution >= 4 is 30.9 Å². The van der Waals surface area contributed by atoms with Crippen LogP contribution < -0.4 is 0 Å². The van der Waals surface area contributed by atoms with Crippen molar-refractivity contribution in [2.45, 2.75) is 32.4 Å². The van der Waals surface area contributed by atoms with Gasteiger partial charge in [0.25, 0.3) is 0 Å². The molecule has 0 aliphatic rings. The van der Waals surface area contributed by atoms with E-state index >= 15 is 0 Å². The second-order valence-electron chi connectivity index (χ2n) is 8.17. The van der Waals surface area contributed by atoms with Crippen LogP contribution >= 0.6 is 0 Å². The molecule has 150 valence electrons. The summed E-state index contributed by atoms with van der Waals surface area (Å²) in [6, 6.07) is 6.75. The van der Waals surface area contributed by atoms with Crippen LogP contribution in [0.3, 0.4) is 0 Å². The summed E-state index contributed by atoms with van der Waals surface area (Å²) in [5.74, 6) is -1.04. The van der Waals surface area contributed by atoms with E-state index in [0.717, 1.165) is 17.4 Å². The highest BCUT2D eigenvalue weighted by atomic mass is 28.3. The topological polar surface area (TPSA) is 94.5 Å². The van der Waals surface area contributed by atoms with Gasteiger partial charge in [-0.15, -0.1) is 0 Å². The molecular weight excluding hydrogens is 386 g/mol. The van der Waals surface area contributed by atoms with Gasteiger partial charge in [0.05, 0.1) is 18.1 Å². The first-order valence-corrected chi connectivity index (χ1v) is 13.1. The molecule has 0 radical (unpaired) electrons. The second-order valence-corrected chi connectivity index (χ2v) is 13.8. The Balaban J connectivity index is 1.69. The van der Waals surface area contributed by atoms with Gasteiger partial charge < -0.3 is 14.4 Å². The maximum atomic E-state index is 11.8. The standard InChI is InChI=1S/C20H23N5O3Si/c1-29(2,3)9-8-28-13-24-12-14(20(26)27)18-19(24)22-10-15(23-18)16-11-21-17-6-4-5-7-25(16)17/h4-7,10-12H,8-9,13H2,1-3H3,(H,26,27). The number of carbonyl (C=O) groups is 1. The molecule has 0 spiro atoms. The highest BCUT2D eigenvalue weighted by molar-refractivity contribution is 6.76. The molecule has 0 bridgehead atoms. The van der Waals surface area contributed by atoms with Crippen LogP contribution in [0.15, 0.2) is 43.0 Å². The zero-order valence-corrected chi connectivity index (χ0v) is 17.7. The van der Waals surface area contributed by atoms with Crippen LogP contribution in [0.4, 0.5) is 0 Å². The third-order valence-electron chi connectivity index (χ3n) is 4.70. The third-order valence-corrected chi connectivity index (χ3v) is 6.41. The van der Waals surface area contributed by atoms with Gasteiger partial charge in [-0.2, -0.15) is 0 Å². The van der Waals surface area contributed by atoms with Crippen molar-refractivity contribution < 1.29 is 14.6 Å². The smallest absolute Gasteiger partial charge is 0.339 e. The highest BCUT2D eigenvalue weighted by Crippen LogP contribution is 2.24. The molecule has 0 aliphatic carbocycles. The van der Waals surface area contributed by atoms with E-state index < -0.39 is 14.0 Å². The molecule has 29 heavy (non-hydrogen) atoms. The van der Waals surface area contributed by atoms with Crippen molar-refractivity contribution in [2.75, 3.05) is 6.61 Å². The van der Waals surface area contributed by atoms with Crippen LogP contribution in [0.2, 0.25) is 25.7 Å². The molecular formula is C20H23N5O3Si. The summed E-state index contributed by atoms with van der Waals surface area (Å²) in [7, 11) is -1.19. The number of carboxylic acid groups (broad SMARTS) is 1. The zero-order chi connectivity index (χ0) is 20.6. The number of aromatic nitrogens is 5. The van der Waals surface area contributed by atoms with E-state index in [2.05, 4.69) is 34.6 Å². The molecule has 0 aromatic carbocycles. The predicted molar refractivity (Wildman–Crippen MR) is 113 cm³/mol. The molecule has 4 heterocycles. The van der Waals surface area contributed by atoms with E-state index in [1.807, 2.05) is 28.8 Å². The maximum Gasteiger partial charge on any atom is 0.339 e. The highest BCUT2D eigenvalue weighted by Gasteiger charge is 2.19. The fraction of sp³-hybridized carbons (Fsp3) is 0.300. The summed E-state index contributed by atoms with van der Waals surface area (Å²) >= 11 is 0. The summed E-state index contributed by atoms with van der Waals surface area (Å²) in [5.41, 5.74) is 3.05. The van der Waals surface area contributed by atoms with Crippen LogP contribution in [0.25, 0.3) is 28.2 Å². The van der Waals surface area contributed by atoms with Gasteiger partial charge in [-0.05, 0) is 18.2 Å². The van der Waals surface area contributed by atoms with E-state index in [1.54, 1.807) is 23.2 Å². The number of ether oxygens (including phenoxy) is 1. The van der Waals surface area contributed by atoms with E-state index in [0.29, 0.717) is 23.5 Å². The molecule has 0 unspecified atom stereocenters. The van der Waals surface area contributed by atoms with Gasteiger partial charge in [-0.3, -0.25) is 4.40 Å². The molecule has 4 aromatic rings. The maximum absolute atomic E-state index is 11.8. The minimum absolute atomic E-state index is 0.108. The number of rotatable bonds is 7. The number of hydrogen-bond acceptors (Lipinski definition) is 5. The summed E-state index contributed by atoms with van der Waals surface area (Å²) in [5, 5.41) is 9.63. The molecule has 8 nitrogen and oxygen atoms in total. The minimum Gasteiger partial charge on any atom is -0.478 e. The van der Waals surface area contributed by atoms with E-state index in [4.69, 9.17) is 4.74 Å². The van der Waals surface area contributed by atoms with Gasteiger partial charge in [-0.1, -0.05) is 25.7 Å².